The number of esters is 1. The summed E-state index contributed by atoms with van der Waals surface area (Å²) in [5, 5.41) is 2.96. The molecule has 0 rings (SSSR count). The summed E-state index contributed by atoms with van der Waals surface area (Å²) in [5.41, 5.74) is 0. The molecule has 0 amide bonds. The maximum atomic E-state index is 10.9. The molecular formula is C10H18NO3. The van der Waals surface area contributed by atoms with E-state index in [-0.39, 0.29) is 12.0 Å². The third kappa shape index (κ3) is 7.73. The maximum absolute atomic E-state index is 10.9. The van der Waals surface area contributed by atoms with Crippen LogP contribution in [0.2, 0.25) is 0 Å². The molecule has 0 saturated carbocycles. The highest BCUT2D eigenvalue weighted by Crippen LogP contribution is 1.96. The van der Waals surface area contributed by atoms with Gasteiger partial charge in [-0.2, -0.15) is 0 Å². The average molecular weight is 200 g/mol. The Morgan fingerprint density at radius 2 is 2.21 bits per heavy atom. The lowest BCUT2D eigenvalue weighted by atomic mass is 10.2. The van der Waals surface area contributed by atoms with Crippen molar-refractivity contribution in [3.8, 4) is 0 Å². The highest BCUT2D eigenvalue weighted by molar-refractivity contribution is 5.69. The topological polar surface area (TPSA) is 55.4 Å². The van der Waals surface area contributed by atoms with Crippen LogP contribution in [-0.2, 0) is 14.3 Å². The average Bonchev–Trinajstić information content (AvgIpc) is 2.17. The monoisotopic (exact) mass is 200 g/mol. The molecule has 4 heteroatoms. The van der Waals surface area contributed by atoms with Gasteiger partial charge in [0.05, 0.1) is 12.6 Å². The molecule has 0 aromatic carbocycles. The van der Waals surface area contributed by atoms with E-state index >= 15 is 0 Å². The van der Waals surface area contributed by atoms with Gasteiger partial charge in [-0.1, -0.05) is 0 Å². The first kappa shape index (κ1) is 13.1. The normalized spacial score (nSPS) is 12.1. The van der Waals surface area contributed by atoms with Crippen LogP contribution in [0.1, 0.15) is 33.1 Å². The highest BCUT2D eigenvalue weighted by Gasteiger charge is 2.01. The molecule has 0 saturated heterocycles. The molecule has 0 heterocycles. The van der Waals surface area contributed by atoms with Crippen LogP contribution in [0.4, 0.5) is 0 Å². The summed E-state index contributed by atoms with van der Waals surface area (Å²) in [7, 11) is 0. The third-order valence-electron chi connectivity index (χ3n) is 1.74. The molecule has 0 aliphatic carbocycles. The number of hydrogen-bond acceptors (Lipinski definition) is 4. The first-order chi connectivity index (χ1) is 6.70. The van der Waals surface area contributed by atoms with Crippen molar-refractivity contribution in [2.45, 2.75) is 39.2 Å². The Bertz CT molecular complexity index is 171. The van der Waals surface area contributed by atoms with Gasteiger partial charge in [-0.3, -0.25) is 9.59 Å². The van der Waals surface area contributed by atoms with Gasteiger partial charge in [-0.25, -0.2) is 0 Å². The summed E-state index contributed by atoms with van der Waals surface area (Å²) >= 11 is 0. The minimum Gasteiger partial charge on any atom is -0.466 e. The van der Waals surface area contributed by atoms with Crippen molar-refractivity contribution < 1.29 is 14.3 Å². The van der Waals surface area contributed by atoms with Gasteiger partial charge in [0, 0.05) is 6.42 Å². The molecule has 81 valence electrons. The Kier molecular flexibility index (Phi) is 8.13. The first-order valence-electron chi connectivity index (χ1n) is 4.97. The van der Waals surface area contributed by atoms with E-state index in [0.29, 0.717) is 13.0 Å². The quantitative estimate of drug-likeness (QED) is 0.465. The highest BCUT2D eigenvalue weighted by atomic mass is 16.5. The molecule has 14 heavy (non-hydrogen) atoms. The van der Waals surface area contributed by atoms with E-state index in [4.69, 9.17) is 4.74 Å². The van der Waals surface area contributed by atoms with E-state index in [1.807, 2.05) is 6.29 Å². The Morgan fingerprint density at radius 3 is 2.79 bits per heavy atom. The molecule has 0 unspecified atom stereocenters. The van der Waals surface area contributed by atoms with E-state index in [1.165, 1.54) is 0 Å². The number of nitrogens with one attached hydrogen (secondary N) is 1. The third-order valence-corrected chi connectivity index (χ3v) is 1.74. The van der Waals surface area contributed by atoms with Gasteiger partial charge < -0.3 is 10.1 Å². The minimum absolute atomic E-state index is 0.150. The van der Waals surface area contributed by atoms with Crippen molar-refractivity contribution in [1.82, 2.24) is 5.32 Å². The van der Waals surface area contributed by atoms with E-state index in [0.717, 1.165) is 19.4 Å². The zero-order chi connectivity index (χ0) is 10.8. The lowest BCUT2D eigenvalue weighted by Crippen LogP contribution is -2.28. The standard InChI is InChI=1S/C10H18NO3/c1-3-14-10(13)6-4-5-7-11-9(2)8-12/h9,11H,3-7H2,1-2H3/t9-/m0/s1. The molecule has 1 atom stereocenters. The number of ether oxygens (including phenoxy) is 1. The molecule has 0 aliphatic rings. The summed E-state index contributed by atoms with van der Waals surface area (Å²) in [5.74, 6) is -0.150. The van der Waals surface area contributed by atoms with E-state index < -0.39 is 0 Å². The van der Waals surface area contributed by atoms with Crippen molar-refractivity contribution in [3.63, 3.8) is 0 Å². The summed E-state index contributed by atoms with van der Waals surface area (Å²) in [6.45, 7) is 4.71. The molecule has 0 aliphatic heterocycles. The lowest BCUT2D eigenvalue weighted by Gasteiger charge is -2.05. The van der Waals surface area contributed by atoms with Crippen LogP contribution in [0.3, 0.4) is 0 Å². The Hall–Kier alpha value is -0.900. The van der Waals surface area contributed by atoms with Gasteiger partial charge in [-0.05, 0) is 33.2 Å². The molecular weight excluding hydrogens is 182 g/mol. The van der Waals surface area contributed by atoms with Gasteiger partial charge in [0.25, 0.3) is 0 Å². The summed E-state index contributed by atoms with van der Waals surface area (Å²) in [6.07, 6.45) is 3.94. The fraction of sp³-hybridized carbons (Fsp3) is 0.800. The first-order valence-corrected chi connectivity index (χ1v) is 4.97. The number of unbranched alkanes of at least 4 members (excludes halogenated alkanes) is 1. The zero-order valence-corrected chi connectivity index (χ0v) is 8.84. The molecule has 0 fully saturated rings. The molecule has 0 spiro atoms. The van der Waals surface area contributed by atoms with Gasteiger partial charge in [-0.15, -0.1) is 0 Å². The van der Waals surface area contributed by atoms with Gasteiger partial charge in [0.2, 0.25) is 6.29 Å². The van der Waals surface area contributed by atoms with Crippen molar-refractivity contribution >= 4 is 12.3 Å². The molecule has 0 bridgehead atoms. The number of hydrogen-bond donors (Lipinski definition) is 1. The molecule has 0 aromatic heterocycles. The molecule has 1 N–H and O–H groups in total. The van der Waals surface area contributed by atoms with Crippen LogP contribution in [-0.4, -0.2) is 31.4 Å². The zero-order valence-electron chi connectivity index (χ0n) is 8.84. The van der Waals surface area contributed by atoms with Crippen molar-refractivity contribution in [1.29, 1.82) is 0 Å². The fourth-order valence-corrected chi connectivity index (χ4v) is 0.988. The minimum atomic E-state index is -0.224. The number of rotatable bonds is 8. The van der Waals surface area contributed by atoms with Crippen LogP contribution in [0, 0.1) is 0 Å². The smallest absolute Gasteiger partial charge is 0.305 e. The van der Waals surface area contributed by atoms with E-state index in [2.05, 4.69) is 5.32 Å². The summed E-state index contributed by atoms with van der Waals surface area (Å²) < 4.78 is 4.77. The predicted molar refractivity (Wildman–Crippen MR) is 53.6 cm³/mol. The van der Waals surface area contributed by atoms with E-state index in [1.54, 1.807) is 13.8 Å². The second-order valence-corrected chi connectivity index (χ2v) is 3.06. The SMILES string of the molecule is CCOC(=O)CCCCN[C@@H](C)[C]=O. The predicted octanol–water partition coefficient (Wildman–Crippen LogP) is 0.808. The second-order valence-electron chi connectivity index (χ2n) is 3.06. The lowest BCUT2D eigenvalue weighted by molar-refractivity contribution is -0.143. The fourth-order valence-electron chi connectivity index (χ4n) is 0.988. The largest absolute Gasteiger partial charge is 0.466 e. The Labute approximate surface area is 85.0 Å². The summed E-state index contributed by atoms with van der Waals surface area (Å²) in [4.78, 5) is 21.0. The number of carbonyl (C=O) groups excluding carboxylic acids is 2. The molecule has 0 aromatic rings. The van der Waals surface area contributed by atoms with Gasteiger partial charge in [0.15, 0.2) is 0 Å². The van der Waals surface area contributed by atoms with Crippen LogP contribution >= 0.6 is 0 Å². The number of carbonyl (C=O) groups is 1. The van der Waals surface area contributed by atoms with Crippen LogP contribution in [0.25, 0.3) is 0 Å². The van der Waals surface area contributed by atoms with Crippen LogP contribution in [0.5, 0.6) is 0 Å². The van der Waals surface area contributed by atoms with Crippen LogP contribution in [0.15, 0.2) is 0 Å². The Balaban J connectivity index is 3.21. The molecule has 1 radical (unpaired) electrons. The molecule has 4 nitrogen and oxygen atoms in total. The van der Waals surface area contributed by atoms with Crippen LogP contribution < -0.4 is 5.32 Å². The van der Waals surface area contributed by atoms with Gasteiger partial charge >= 0.3 is 5.97 Å². The van der Waals surface area contributed by atoms with Gasteiger partial charge in [0.1, 0.15) is 0 Å². The van der Waals surface area contributed by atoms with Crippen molar-refractivity contribution in [2.75, 3.05) is 13.2 Å². The van der Waals surface area contributed by atoms with E-state index in [9.17, 15) is 9.59 Å². The Morgan fingerprint density at radius 1 is 1.50 bits per heavy atom. The van der Waals surface area contributed by atoms with Crippen molar-refractivity contribution in [3.05, 3.63) is 0 Å². The van der Waals surface area contributed by atoms with Crippen molar-refractivity contribution in [2.24, 2.45) is 0 Å². The second kappa shape index (κ2) is 8.69. The summed E-state index contributed by atoms with van der Waals surface area (Å²) in [6, 6.07) is -0.224. The maximum Gasteiger partial charge on any atom is 0.305 e.